The molecule has 2 heterocycles. The normalized spacial score (nSPS) is 9.93. The van der Waals surface area contributed by atoms with Crippen LogP contribution in [-0.2, 0) is 0 Å². The molecule has 4 nitrogen and oxygen atoms in total. The highest BCUT2D eigenvalue weighted by molar-refractivity contribution is 9.10. The van der Waals surface area contributed by atoms with Crippen molar-refractivity contribution in [3.05, 3.63) is 47.1 Å². The molecular weight excluding hydrogens is 260 g/mol. The second kappa shape index (κ2) is 4.27. The van der Waals surface area contributed by atoms with E-state index in [0.29, 0.717) is 11.3 Å². The number of carbonyl (C=O) groups excluding carboxylic acids is 1. The van der Waals surface area contributed by atoms with Crippen LogP contribution in [0.2, 0.25) is 0 Å². The van der Waals surface area contributed by atoms with Crippen molar-refractivity contribution in [1.29, 1.82) is 0 Å². The quantitative estimate of drug-likeness (QED) is 0.910. The smallest absolute Gasteiger partial charge is 0.258 e. The number of hydrogen-bond acceptors (Lipinski definition) is 3. The van der Waals surface area contributed by atoms with Crippen molar-refractivity contribution in [2.75, 3.05) is 5.32 Å². The molecule has 0 radical (unpaired) electrons. The summed E-state index contributed by atoms with van der Waals surface area (Å²) in [4.78, 5) is 15.5. The minimum atomic E-state index is -0.212. The zero-order valence-electron chi connectivity index (χ0n) is 7.61. The number of carbonyl (C=O) groups is 1. The van der Waals surface area contributed by atoms with E-state index in [4.69, 9.17) is 4.42 Å². The van der Waals surface area contributed by atoms with Gasteiger partial charge < -0.3 is 9.73 Å². The highest BCUT2D eigenvalue weighted by Crippen LogP contribution is 2.20. The first kappa shape index (κ1) is 9.92. The van der Waals surface area contributed by atoms with E-state index < -0.39 is 0 Å². The minimum Gasteiger partial charge on any atom is -0.472 e. The van der Waals surface area contributed by atoms with Crippen LogP contribution in [0, 0.1) is 0 Å². The van der Waals surface area contributed by atoms with E-state index in [1.807, 2.05) is 0 Å². The molecule has 0 spiro atoms. The van der Waals surface area contributed by atoms with E-state index in [1.54, 1.807) is 24.5 Å². The van der Waals surface area contributed by atoms with Gasteiger partial charge in [-0.05, 0) is 28.1 Å². The highest BCUT2D eigenvalue weighted by Gasteiger charge is 2.08. The Kier molecular flexibility index (Phi) is 2.82. The third-order valence-corrected chi connectivity index (χ3v) is 2.44. The van der Waals surface area contributed by atoms with Crippen LogP contribution in [0.1, 0.15) is 10.4 Å². The van der Waals surface area contributed by atoms with E-state index >= 15 is 0 Å². The van der Waals surface area contributed by atoms with Gasteiger partial charge in [0.05, 0.1) is 22.0 Å². The standard InChI is InChI=1S/C10H7BrN2O2/c11-8-5-12-3-1-9(8)13-10(14)7-2-4-15-6-7/h1-6H,(H,12,13,14). The summed E-state index contributed by atoms with van der Waals surface area (Å²) in [7, 11) is 0. The maximum absolute atomic E-state index is 11.6. The number of nitrogens with zero attached hydrogens (tertiary/aromatic N) is 1. The molecule has 0 saturated heterocycles. The molecule has 76 valence electrons. The topological polar surface area (TPSA) is 55.1 Å². The monoisotopic (exact) mass is 266 g/mol. The van der Waals surface area contributed by atoms with Crippen LogP contribution in [-0.4, -0.2) is 10.9 Å². The summed E-state index contributed by atoms with van der Waals surface area (Å²) >= 11 is 3.29. The number of anilines is 1. The summed E-state index contributed by atoms with van der Waals surface area (Å²) in [5, 5.41) is 2.73. The zero-order valence-corrected chi connectivity index (χ0v) is 9.19. The highest BCUT2D eigenvalue weighted by atomic mass is 79.9. The Balaban J connectivity index is 2.17. The first-order chi connectivity index (χ1) is 7.27. The lowest BCUT2D eigenvalue weighted by Crippen LogP contribution is -2.11. The Hall–Kier alpha value is -1.62. The predicted molar refractivity (Wildman–Crippen MR) is 58.6 cm³/mol. The fraction of sp³-hybridized carbons (Fsp3) is 0. The van der Waals surface area contributed by atoms with Gasteiger partial charge in [-0.2, -0.15) is 0 Å². The molecule has 1 amide bonds. The van der Waals surface area contributed by atoms with E-state index in [2.05, 4.69) is 26.2 Å². The van der Waals surface area contributed by atoms with Gasteiger partial charge in [0.1, 0.15) is 6.26 Å². The van der Waals surface area contributed by atoms with Crippen molar-refractivity contribution in [3.8, 4) is 0 Å². The average Bonchev–Trinajstić information content (AvgIpc) is 2.74. The van der Waals surface area contributed by atoms with E-state index in [1.165, 1.54) is 12.5 Å². The summed E-state index contributed by atoms with van der Waals surface area (Å²) < 4.78 is 5.56. The Labute approximate surface area is 94.4 Å². The van der Waals surface area contributed by atoms with Crippen LogP contribution >= 0.6 is 15.9 Å². The number of pyridine rings is 1. The van der Waals surface area contributed by atoms with Crippen LogP contribution in [0.3, 0.4) is 0 Å². The molecule has 0 unspecified atom stereocenters. The fourth-order valence-electron chi connectivity index (χ4n) is 1.06. The van der Waals surface area contributed by atoms with Crippen LogP contribution in [0.15, 0.2) is 45.9 Å². The van der Waals surface area contributed by atoms with Crippen LogP contribution in [0.4, 0.5) is 5.69 Å². The van der Waals surface area contributed by atoms with E-state index in [9.17, 15) is 4.79 Å². The number of halogens is 1. The van der Waals surface area contributed by atoms with Gasteiger partial charge in [-0.15, -0.1) is 0 Å². The molecule has 2 aromatic rings. The number of furan rings is 1. The summed E-state index contributed by atoms with van der Waals surface area (Å²) in [6.07, 6.45) is 6.07. The van der Waals surface area contributed by atoms with Crippen molar-refractivity contribution in [2.45, 2.75) is 0 Å². The molecule has 0 aliphatic carbocycles. The zero-order chi connectivity index (χ0) is 10.7. The summed E-state index contributed by atoms with van der Waals surface area (Å²) in [5.41, 5.74) is 1.16. The number of amides is 1. The van der Waals surface area contributed by atoms with Gasteiger partial charge >= 0.3 is 0 Å². The molecule has 0 aliphatic heterocycles. The molecule has 5 heteroatoms. The molecule has 0 aromatic carbocycles. The molecule has 0 fully saturated rings. The second-order valence-electron chi connectivity index (χ2n) is 2.82. The van der Waals surface area contributed by atoms with Gasteiger partial charge in [-0.1, -0.05) is 0 Å². The Bertz CT molecular complexity index is 468. The fourth-order valence-corrected chi connectivity index (χ4v) is 1.41. The van der Waals surface area contributed by atoms with Gasteiger partial charge in [0.25, 0.3) is 5.91 Å². The molecule has 0 bridgehead atoms. The van der Waals surface area contributed by atoms with Crippen LogP contribution < -0.4 is 5.32 Å². The molecule has 0 saturated carbocycles. The van der Waals surface area contributed by atoms with Crippen molar-refractivity contribution < 1.29 is 9.21 Å². The Morgan fingerprint density at radius 2 is 2.33 bits per heavy atom. The largest absolute Gasteiger partial charge is 0.472 e. The lowest BCUT2D eigenvalue weighted by Gasteiger charge is -2.04. The van der Waals surface area contributed by atoms with Gasteiger partial charge in [0.15, 0.2) is 0 Å². The third-order valence-electron chi connectivity index (χ3n) is 1.80. The van der Waals surface area contributed by atoms with E-state index in [-0.39, 0.29) is 5.91 Å². The van der Waals surface area contributed by atoms with Crippen molar-refractivity contribution >= 4 is 27.5 Å². The molecule has 1 N–H and O–H groups in total. The summed E-state index contributed by atoms with van der Waals surface area (Å²) in [6, 6.07) is 3.31. The molecule has 15 heavy (non-hydrogen) atoms. The Morgan fingerprint density at radius 1 is 1.47 bits per heavy atom. The second-order valence-corrected chi connectivity index (χ2v) is 3.68. The van der Waals surface area contributed by atoms with Gasteiger partial charge in [0, 0.05) is 12.4 Å². The molecule has 0 atom stereocenters. The minimum absolute atomic E-state index is 0.212. The van der Waals surface area contributed by atoms with Gasteiger partial charge in [-0.3, -0.25) is 9.78 Å². The molecule has 0 aliphatic rings. The number of nitrogens with one attached hydrogen (secondary N) is 1. The average molecular weight is 267 g/mol. The Morgan fingerprint density at radius 3 is 3.00 bits per heavy atom. The molecular formula is C10H7BrN2O2. The number of rotatable bonds is 2. The third kappa shape index (κ3) is 2.24. The summed E-state index contributed by atoms with van der Waals surface area (Å²) in [6.45, 7) is 0. The SMILES string of the molecule is O=C(Nc1ccncc1Br)c1ccoc1. The lowest BCUT2D eigenvalue weighted by atomic mass is 10.3. The lowest BCUT2D eigenvalue weighted by molar-refractivity contribution is 0.102. The van der Waals surface area contributed by atoms with Crippen molar-refractivity contribution in [2.24, 2.45) is 0 Å². The van der Waals surface area contributed by atoms with Crippen LogP contribution in [0.5, 0.6) is 0 Å². The van der Waals surface area contributed by atoms with E-state index in [0.717, 1.165) is 4.47 Å². The number of aromatic nitrogens is 1. The molecule has 2 aromatic heterocycles. The van der Waals surface area contributed by atoms with Gasteiger partial charge in [0.2, 0.25) is 0 Å². The molecule has 2 rings (SSSR count). The first-order valence-corrected chi connectivity index (χ1v) is 5.00. The predicted octanol–water partition coefficient (Wildman–Crippen LogP) is 2.69. The summed E-state index contributed by atoms with van der Waals surface area (Å²) in [5.74, 6) is -0.212. The maximum atomic E-state index is 11.6. The van der Waals surface area contributed by atoms with Crippen LogP contribution in [0.25, 0.3) is 0 Å². The van der Waals surface area contributed by atoms with Crippen molar-refractivity contribution in [3.63, 3.8) is 0 Å². The van der Waals surface area contributed by atoms with Gasteiger partial charge in [-0.25, -0.2) is 0 Å². The van der Waals surface area contributed by atoms with Crippen molar-refractivity contribution in [1.82, 2.24) is 4.98 Å². The maximum Gasteiger partial charge on any atom is 0.258 e. The first-order valence-electron chi connectivity index (χ1n) is 4.20. The number of hydrogen-bond donors (Lipinski definition) is 1.